The minimum absolute atomic E-state index is 0.188. The molecule has 0 bridgehead atoms. The number of hydrogen-bond acceptors (Lipinski definition) is 5. The number of benzene rings is 3. The van der Waals surface area contributed by atoms with E-state index in [1.807, 2.05) is 43.3 Å². The highest BCUT2D eigenvalue weighted by Crippen LogP contribution is 2.29. The Kier molecular flexibility index (Phi) is 7.38. The molecule has 3 aromatic carbocycles. The smallest absolute Gasteiger partial charge is 0.246 e. The van der Waals surface area contributed by atoms with Gasteiger partial charge in [0.1, 0.15) is 23.3 Å². The molecule has 1 atom stereocenters. The highest BCUT2D eigenvalue weighted by molar-refractivity contribution is 5.97. The van der Waals surface area contributed by atoms with Crippen molar-refractivity contribution in [3.63, 3.8) is 0 Å². The van der Waals surface area contributed by atoms with Gasteiger partial charge in [-0.3, -0.25) is 4.79 Å². The third-order valence-electron chi connectivity index (χ3n) is 4.96. The summed E-state index contributed by atoms with van der Waals surface area (Å²) in [6.07, 6.45) is 0.737. The number of methoxy groups -OCH3 is 3. The van der Waals surface area contributed by atoms with Crippen molar-refractivity contribution in [1.82, 2.24) is 0 Å². The van der Waals surface area contributed by atoms with Crippen molar-refractivity contribution in [3.8, 4) is 17.2 Å². The van der Waals surface area contributed by atoms with Gasteiger partial charge in [-0.15, -0.1) is 0 Å². The van der Waals surface area contributed by atoms with E-state index in [0.717, 1.165) is 23.4 Å². The van der Waals surface area contributed by atoms with E-state index in [-0.39, 0.29) is 5.91 Å². The second-order valence-corrected chi connectivity index (χ2v) is 7.11. The van der Waals surface area contributed by atoms with Gasteiger partial charge in [0.2, 0.25) is 5.91 Å². The van der Waals surface area contributed by atoms with Crippen LogP contribution in [0.15, 0.2) is 66.7 Å². The number of hydrogen-bond donors (Lipinski definition) is 2. The van der Waals surface area contributed by atoms with Crippen LogP contribution in [0.5, 0.6) is 17.2 Å². The third-order valence-corrected chi connectivity index (χ3v) is 4.96. The first-order valence-corrected chi connectivity index (χ1v) is 10.0. The molecule has 31 heavy (non-hydrogen) atoms. The highest BCUT2D eigenvalue weighted by Gasteiger charge is 2.16. The first kappa shape index (κ1) is 22.0. The Balaban J connectivity index is 1.73. The van der Waals surface area contributed by atoms with Crippen LogP contribution in [0.4, 0.5) is 11.4 Å². The van der Waals surface area contributed by atoms with E-state index in [9.17, 15) is 4.79 Å². The van der Waals surface area contributed by atoms with Crippen LogP contribution < -0.4 is 24.8 Å². The Morgan fingerprint density at radius 1 is 0.871 bits per heavy atom. The van der Waals surface area contributed by atoms with Crippen LogP contribution in [0.2, 0.25) is 0 Å². The fraction of sp³-hybridized carbons (Fsp3) is 0.240. The molecule has 0 heterocycles. The molecular formula is C25H28N2O4. The van der Waals surface area contributed by atoms with Gasteiger partial charge in [0.25, 0.3) is 0 Å². The fourth-order valence-electron chi connectivity index (χ4n) is 3.29. The zero-order valence-electron chi connectivity index (χ0n) is 18.3. The van der Waals surface area contributed by atoms with Gasteiger partial charge in [0, 0.05) is 23.7 Å². The first-order chi connectivity index (χ1) is 15.0. The summed E-state index contributed by atoms with van der Waals surface area (Å²) in [5.74, 6) is 1.83. The van der Waals surface area contributed by atoms with E-state index >= 15 is 0 Å². The van der Waals surface area contributed by atoms with Crippen molar-refractivity contribution in [2.75, 3.05) is 32.0 Å². The minimum atomic E-state index is -0.478. The Morgan fingerprint density at radius 2 is 1.58 bits per heavy atom. The van der Waals surface area contributed by atoms with Gasteiger partial charge in [0.15, 0.2) is 0 Å². The molecule has 0 aliphatic heterocycles. The van der Waals surface area contributed by atoms with Crippen LogP contribution >= 0.6 is 0 Å². The van der Waals surface area contributed by atoms with Crippen molar-refractivity contribution in [2.45, 2.75) is 19.4 Å². The molecule has 1 amide bonds. The molecular weight excluding hydrogens is 392 g/mol. The molecule has 0 fully saturated rings. The van der Waals surface area contributed by atoms with Crippen LogP contribution in [-0.4, -0.2) is 33.3 Å². The Bertz CT molecular complexity index is 1020. The summed E-state index contributed by atoms with van der Waals surface area (Å²) < 4.78 is 16.1. The van der Waals surface area contributed by atoms with E-state index in [1.54, 1.807) is 39.5 Å². The fourth-order valence-corrected chi connectivity index (χ4v) is 3.29. The summed E-state index contributed by atoms with van der Waals surface area (Å²) in [7, 11) is 4.80. The average molecular weight is 421 g/mol. The second kappa shape index (κ2) is 10.4. The topological polar surface area (TPSA) is 68.8 Å². The van der Waals surface area contributed by atoms with Crippen LogP contribution in [0.1, 0.15) is 18.1 Å². The number of nitrogens with one attached hydrogen (secondary N) is 2. The molecule has 2 N–H and O–H groups in total. The van der Waals surface area contributed by atoms with E-state index in [2.05, 4.69) is 22.8 Å². The first-order valence-electron chi connectivity index (χ1n) is 10.0. The monoisotopic (exact) mass is 420 g/mol. The Hall–Kier alpha value is -3.67. The number of amides is 1. The molecule has 1 unspecified atom stereocenters. The molecule has 0 aromatic heterocycles. The number of ether oxygens (including phenoxy) is 3. The SMILES string of the molecule is COc1ccc(OC)c(NC(=O)C(C)Nc2ccc(OC)c(Cc3ccccc3)c2)c1. The largest absolute Gasteiger partial charge is 0.497 e. The summed E-state index contributed by atoms with van der Waals surface area (Å²) in [5.41, 5.74) is 3.63. The molecule has 0 saturated heterocycles. The quantitative estimate of drug-likeness (QED) is 0.523. The predicted octanol–water partition coefficient (Wildman–Crippen LogP) is 4.74. The van der Waals surface area contributed by atoms with Gasteiger partial charge < -0.3 is 24.8 Å². The van der Waals surface area contributed by atoms with Crippen molar-refractivity contribution < 1.29 is 19.0 Å². The van der Waals surface area contributed by atoms with Gasteiger partial charge in [-0.1, -0.05) is 30.3 Å². The molecule has 6 heteroatoms. The number of carbonyl (C=O) groups is 1. The maximum Gasteiger partial charge on any atom is 0.246 e. The summed E-state index contributed by atoms with van der Waals surface area (Å²) in [5, 5.41) is 6.17. The van der Waals surface area contributed by atoms with Crippen molar-refractivity contribution in [1.29, 1.82) is 0 Å². The number of rotatable bonds is 9. The third kappa shape index (κ3) is 5.69. The summed E-state index contributed by atoms with van der Waals surface area (Å²) in [6.45, 7) is 1.81. The highest BCUT2D eigenvalue weighted by atomic mass is 16.5. The molecule has 0 radical (unpaired) electrons. The lowest BCUT2D eigenvalue weighted by Gasteiger charge is -2.18. The van der Waals surface area contributed by atoms with E-state index in [4.69, 9.17) is 14.2 Å². The van der Waals surface area contributed by atoms with Crippen molar-refractivity contribution >= 4 is 17.3 Å². The summed E-state index contributed by atoms with van der Waals surface area (Å²) in [6, 6.07) is 20.8. The van der Waals surface area contributed by atoms with Gasteiger partial charge in [-0.25, -0.2) is 0 Å². The normalized spacial score (nSPS) is 11.4. The second-order valence-electron chi connectivity index (χ2n) is 7.11. The zero-order valence-corrected chi connectivity index (χ0v) is 18.3. The lowest BCUT2D eigenvalue weighted by Crippen LogP contribution is -2.32. The van der Waals surface area contributed by atoms with Crippen molar-refractivity contribution in [3.05, 3.63) is 77.9 Å². The average Bonchev–Trinajstić information content (AvgIpc) is 2.79. The van der Waals surface area contributed by atoms with Gasteiger partial charge in [-0.05, 0) is 42.8 Å². The van der Waals surface area contributed by atoms with Gasteiger partial charge in [0.05, 0.1) is 27.0 Å². The maximum absolute atomic E-state index is 12.8. The van der Waals surface area contributed by atoms with E-state index < -0.39 is 6.04 Å². The van der Waals surface area contributed by atoms with Crippen LogP contribution in [0, 0.1) is 0 Å². The molecule has 0 aliphatic carbocycles. The van der Waals surface area contributed by atoms with Gasteiger partial charge >= 0.3 is 0 Å². The Morgan fingerprint density at radius 3 is 2.26 bits per heavy atom. The zero-order chi connectivity index (χ0) is 22.2. The van der Waals surface area contributed by atoms with Crippen LogP contribution in [-0.2, 0) is 11.2 Å². The maximum atomic E-state index is 12.8. The Labute approximate surface area is 183 Å². The lowest BCUT2D eigenvalue weighted by atomic mass is 10.0. The molecule has 162 valence electrons. The number of anilines is 2. The standard InChI is InChI=1S/C25H28N2O4/c1-17(25(28)27-22-16-21(29-2)11-13-24(22)31-4)26-20-10-12-23(30-3)19(15-20)14-18-8-6-5-7-9-18/h5-13,15-17,26H,14H2,1-4H3,(H,27,28). The molecule has 6 nitrogen and oxygen atoms in total. The summed E-state index contributed by atoms with van der Waals surface area (Å²) >= 11 is 0. The van der Waals surface area contributed by atoms with Crippen LogP contribution in [0.25, 0.3) is 0 Å². The number of carbonyl (C=O) groups excluding carboxylic acids is 1. The molecule has 0 spiro atoms. The predicted molar refractivity (Wildman–Crippen MR) is 124 cm³/mol. The minimum Gasteiger partial charge on any atom is -0.497 e. The van der Waals surface area contributed by atoms with Crippen LogP contribution in [0.3, 0.4) is 0 Å². The van der Waals surface area contributed by atoms with Crippen molar-refractivity contribution in [2.24, 2.45) is 0 Å². The summed E-state index contributed by atoms with van der Waals surface area (Å²) in [4.78, 5) is 12.8. The van der Waals surface area contributed by atoms with E-state index in [1.165, 1.54) is 5.56 Å². The molecule has 3 rings (SSSR count). The molecule has 3 aromatic rings. The van der Waals surface area contributed by atoms with Gasteiger partial charge in [-0.2, -0.15) is 0 Å². The molecule has 0 saturated carbocycles. The van der Waals surface area contributed by atoms with E-state index in [0.29, 0.717) is 17.2 Å². The molecule has 0 aliphatic rings. The lowest BCUT2D eigenvalue weighted by molar-refractivity contribution is -0.116.